The van der Waals surface area contributed by atoms with Gasteiger partial charge in [-0.25, -0.2) is 4.57 Å². The van der Waals surface area contributed by atoms with Crippen LogP contribution in [0.5, 0.6) is 0 Å². The largest absolute Gasteiger partial charge is 0.472 e. The van der Waals surface area contributed by atoms with Gasteiger partial charge in [0.05, 0.1) is 27.7 Å². The van der Waals surface area contributed by atoms with Crippen LogP contribution in [-0.4, -0.2) is 74.9 Å². The third-order valence-electron chi connectivity index (χ3n) is 9.17. The monoisotopic (exact) mass is 785 g/mol. The van der Waals surface area contributed by atoms with Gasteiger partial charge in [-0.3, -0.25) is 18.6 Å². The molecule has 0 aromatic rings. The summed E-state index contributed by atoms with van der Waals surface area (Å²) in [5, 5.41) is 0. The number of hydrogen-bond acceptors (Lipinski definition) is 7. The number of hydrogen-bond donors (Lipinski definition) is 1. The van der Waals surface area contributed by atoms with Gasteiger partial charge in [0, 0.05) is 12.8 Å². The minimum Gasteiger partial charge on any atom is -0.462 e. The van der Waals surface area contributed by atoms with Crippen molar-refractivity contribution in [3.63, 3.8) is 0 Å². The van der Waals surface area contributed by atoms with Crippen molar-refractivity contribution >= 4 is 19.8 Å². The molecular weight excluding hydrogens is 701 g/mol. The molecule has 0 fully saturated rings. The molecule has 54 heavy (non-hydrogen) atoms. The van der Waals surface area contributed by atoms with Crippen LogP contribution in [0, 0.1) is 0 Å². The zero-order valence-electron chi connectivity index (χ0n) is 35.5. The molecule has 0 bridgehead atoms. The molecule has 10 heteroatoms. The molecule has 2 atom stereocenters. The third kappa shape index (κ3) is 39.9. The van der Waals surface area contributed by atoms with E-state index in [-0.39, 0.29) is 32.0 Å². The molecule has 9 nitrogen and oxygen atoms in total. The van der Waals surface area contributed by atoms with Gasteiger partial charge in [0.1, 0.15) is 19.8 Å². The van der Waals surface area contributed by atoms with Gasteiger partial charge in [-0.2, -0.15) is 0 Å². The number of likely N-dealkylation sites (N-methyl/N-ethyl adjacent to an activating group) is 1. The van der Waals surface area contributed by atoms with Crippen LogP contribution in [0.25, 0.3) is 0 Å². The maximum absolute atomic E-state index is 12.7. The van der Waals surface area contributed by atoms with Crippen molar-refractivity contribution in [2.75, 3.05) is 47.5 Å². The summed E-state index contributed by atoms with van der Waals surface area (Å²) in [5.74, 6) is -0.821. The van der Waals surface area contributed by atoms with Crippen molar-refractivity contribution < 1.29 is 42.1 Å². The molecule has 0 spiro atoms. The summed E-state index contributed by atoms with van der Waals surface area (Å²) in [4.78, 5) is 35.3. The normalized spacial score (nSPS) is 14.0. The van der Waals surface area contributed by atoms with Gasteiger partial charge in [-0.1, -0.05) is 153 Å². The van der Waals surface area contributed by atoms with E-state index in [0.29, 0.717) is 23.9 Å². The van der Waals surface area contributed by atoms with Crippen LogP contribution < -0.4 is 0 Å². The number of carbonyl (C=O) groups excluding carboxylic acids is 2. The standard InChI is InChI=1S/C44H82NO8P/c1-6-8-10-12-14-16-18-20-21-22-23-25-26-28-30-32-34-36-43(46)50-40-42(41-52-54(48,49)51-39-38-45(3,4)5)53-44(47)37-35-33-31-29-27-24-19-17-15-13-11-9-7-2/h14,16,20-21,23,25,42H,6-13,15,17-19,22,24,26-41H2,1-5H3/p+1/b16-14-,21-20-,25-23-/t42-/m1/s1. The van der Waals surface area contributed by atoms with Crippen LogP contribution in [0.15, 0.2) is 36.5 Å². The lowest BCUT2D eigenvalue weighted by molar-refractivity contribution is -0.870. The van der Waals surface area contributed by atoms with E-state index in [9.17, 15) is 19.0 Å². The summed E-state index contributed by atoms with van der Waals surface area (Å²) in [6, 6.07) is 0. The number of ether oxygens (including phenoxy) is 2. The average molecular weight is 785 g/mol. The zero-order chi connectivity index (χ0) is 40.0. The number of carbonyl (C=O) groups is 2. The Balaban J connectivity index is 4.40. The first-order valence-corrected chi connectivity index (χ1v) is 23.2. The second kappa shape index (κ2) is 36.8. The van der Waals surface area contributed by atoms with Crippen LogP contribution in [0.3, 0.4) is 0 Å². The van der Waals surface area contributed by atoms with Crippen molar-refractivity contribution in [1.82, 2.24) is 0 Å². The molecule has 0 aliphatic rings. The van der Waals surface area contributed by atoms with E-state index in [1.807, 2.05) is 21.1 Å². The molecule has 0 heterocycles. The van der Waals surface area contributed by atoms with Crippen molar-refractivity contribution in [3.8, 4) is 0 Å². The van der Waals surface area contributed by atoms with Gasteiger partial charge in [-0.15, -0.1) is 0 Å². The SMILES string of the molecule is CCCCC/C=C\C/C=C\C/C=C\CCCCCCC(=O)OC[C@H](COP(=O)(O)OCC[N+](C)(C)C)OC(=O)CCCCCCCCCCCCCCC. The first-order chi connectivity index (χ1) is 26.0. The van der Waals surface area contributed by atoms with Gasteiger partial charge < -0.3 is 18.9 Å². The van der Waals surface area contributed by atoms with Crippen LogP contribution in [0.4, 0.5) is 0 Å². The number of allylic oxidation sites excluding steroid dienone is 6. The molecule has 1 N–H and O–H groups in total. The Bertz CT molecular complexity index is 1020. The lowest BCUT2D eigenvalue weighted by atomic mass is 10.0. The summed E-state index contributed by atoms with van der Waals surface area (Å²) >= 11 is 0. The van der Waals surface area contributed by atoms with Crippen molar-refractivity contribution in [3.05, 3.63) is 36.5 Å². The molecule has 0 radical (unpaired) electrons. The Morgan fingerprint density at radius 1 is 0.574 bits per heavy atom. The number of nitrogens with zero attached hydrogens (tertiary/aromatic N) is 1. The number of unbranched alkanes of at least 4 members (excludes halogenated alkanes) is 19. The highest BCUT2D eigenvalue weighted by Crippen LogP contribution is 2.43. The lowest BCUT2D eigenvalue weighted by Gasteiger charge is -2.24. The molecule has 0 aliphatic carbocycles. The molecule has 0 aromatic carbocycles. The van der Waals surface area contributed by atoms with Gasteiger partial charge in [0.15, 0.2) is 6.10 Å². The zero-order valence-corrected chi connectivity index (χ0v) is 36.3. The fraction of sp³-hybridized carbons (Fsp3) is 0.818. The number of quaternary nitrogens is 1. The van der Waals surface area contributed by atoms with Crippen molar-refractivity contribution in [2.24, 2.45) is 0 Å². The fourth-order valence-corrected chi connectivity index (χ4v) is 6.47. The summed E-state index contributed by atoms with van der Waals surface area (Å²) in [5.41, 5.74) is 0. The maximum Gasteiger partial charge on any atom is 0.472 e. The number of phosphoric ester groups is 1. The topological polar surface area (TPSA) is 108 Å². The van der Waals surface area contributed by atoms with E-state index in [0.717, 1.165) is 51.4 Å². The Morgan fingerprint density at radius 2 is 1.00 bits per heavy atom. The van der Waals surface area contributed by atoms with Crippen LogP contribution >= 0.6 is 7.82 Å². The smallest absolute Gasteiger partial charge is 0.462 e. The average Bonchev–Trinajstić information content (AvgIpc) is 3.12. The first kappa shape index (κ1) is 52.2. The highest BCUT2D eigenvalue weighted by Gasteiger charge is 2.27. The molecule has 0 aromatic heterocycles. The highest BCUT2D eigenvalue weighted by molar-refractivity contribution is 7.47. The van der Waals surface area contributed by atoms with Gasteiger partial charge in [0.2, 0.25) is 0 Å². The van der Waals surface area contributed by atoms with Gasteiger partial charge >= 0.3 is 19.8 Å². The third-order valence-corrected chi connectivity index (χ3v) is 10.2. The molecule has 0 saturated carbocycles. The number of esters is 2. The molecule has 316 valence electrons. The number of phosphoric acid groups is 1. The lowest BCUT2D eigenvalue weighted by Crippen LogP contribution is -2.37. The minimum absolute atomic E-state index is 0.0285. The predicted molar refractivity (Wildman–Crippen MR) is 224 cm³/mol. The summed E-state index contributed by atoms with van der Waals surface area (Å²) in [7, 11) is 1.46. The van der Waals surface area contributed by atoms with Crippen LogP contribution in [0.1, 0.15) is 181 Å². The van der Waals surface area contributed by atoms with E-state index in [1.165, 1.54) is 89.9 Å². The van der Waals surface area contributed by atoms with E-state index in [4.69, 9.17) is 18.5 Å². The molecule has 1 unspecified atom stereocenters. The maximum atomic E-state index is 12.7. The molecule has 0 rings (SSSR count). The van der Waals surface area contributed by atoms with Crippen molar-refractivity contribution in [1.29, 1.82) is 0 Å². The second-order valence-electron chi connectivity index (χ2n) is 15.7. The van der Waals surface area contributed by atoms with E-state index >= 15 is 0 Å². The Kier molecular flexibility index (Phi) is 35.6. The summed E-state index contributed by atoms with van der Waals surface area (Å²) in [6.07, 6.45) is 40.4. The molecule has 0 aliphatic heterocycles. The number of rotatable bonds is 39. The minimum atomic E-state index is -4.37. The molecule has 0 saturated heterocycles. The second-order valence-corrected chi connectivity index (χ2v) is 17.2. The predicted octanol–water partition coefficient (Wildman–Crippen LogP) is 12.1. The van der Waals surface area contributed by atoms with E-state index in [2.05, 4.69) is 50.3 Å². The fourth-order valence-electron chi connectivity index (χ4n) is 5.73. The molecular formula is C44H83NO8P+. The van der Waals surface area contributed by atoms with Crippen molar-refractivity contribution in [2.45, 2.75) is 187 Å². The van der Waals surface area contributed by atoms with Gasteiger partial charge in [0.25, 0.3) is 0 Å². The Hall–Kier alpha value is -1.77. The van der Waals surface area contributed by atoms with Gasteiger partial charge in [-0.05, 0) is 51.4 Å². The van der Waals surface area contributed by atoms with E-state index in [1.54, 1.807) is 0 Å². The summed E-state index contributed by atoms with van der Waals surface area (Å²) in [6.45, 7) is 4.37. The quantitative estimate of drug-likeness (QED) is 0.0216. The first-order valence-electron chi connectivity index (χ1n) is 21.7. The highest BCUT2D eigenvalue weighted by atomic mass is 31.2. The van der Waals surface area contributed by atoms with E-state index < -0.39 is 26.5 Å². The molecule has 0 amide bonds. The van der Waals surface area contributed by atoms with Crippen LogP contribution in [0.2, 0.25) is 0 Å². The Labute approximate surface area is 331 Å². The summed E-state index contributed by atoms with van der Waals surface area (Å²) < 4.78 is 34.3. The Morgan fingerprint density at radius 3 is 1.52 bits per heavy atom. The van der Waals surface area contributed by atoms with Crippen LogP contribution in [-0.2, 0) is 32.7 Å².